The maximum absolute atomic E-state index is 14.2. The summed E-state index contributed by atoms with van der Waals surface area (Å²) in [5.41, 5.74) is 1.32. The Morgan fingerprint density at radius 3 is 2.26 bits per heavy atom. The number of carbonyl (C=O) groups is 1. The zero-order valence-electron chi connectivity index (χ0n) is 21.0. The highest BCUT2D eigenvalue weighted by Crippen LogP contribution is 2.45. The lowest BCUT2D eigenvalue weighted by Gasteiger charge is -2.36. The van der Waals surface area contributed by atoms with E-state index in [0.29, 0.717) is 24.5 Å². The fourth-order valence-electron chi connectivity index (χ4n) is 5.17. The molecular formula is C29H29F3N3O2P. The molecule has 1 fully saturated rings. The number of urea groups is 1. The van der Waals surface area contributed by atoms with E-state index in [-0.39, 0.29) is 11.8 Å². The first kappa shape index (κ1) is 26.2. The molecule has 0 saturated carbocycles. The van der Waals surface area contributed by atoms with Crippen LogP contribution in [0.5, 0.6) is 5.75 Å². The lowest BCUT2D eigenvalue weighted by atomic mass is 9.93. The van der Waals surface area contributed by atoms with Gasteiger partial charge in [-0.3, -0.25) is 9.89 Å². The molecule has 2 aliphatic heterocycles. The number of hydrogen-bond acceptors (Lipinski definition) is 3. The summed E-state index contributed by atoms with van der Waals surface area (Å²) in [7, 11) is 3.99. The molecule has 0 aliphatic carbocycles. The van der Waals surface area contributed by atoms with Crippen molar-refractivity contribution >= 4 is 26.4 Å². The highest BCUT2D eigenvalue weighted by atomic mass is 31.0. The number of carbonyl (C=O) groups excluding carboxylic acids is 1. The van der Waals surface area contributed by atoms with Crippen LogP contribution in [0.2, 0.25) is 0 Å². The number of piperidine rings is 1. The van der Waals surface area contributed by atoms with Gasteiger partial charge in [0.1, 0.15) is 17.6 Å². The maximum Gasteiger partial charge on any atom is 0.416 e. The second-order valence-electron chi connectivity index (χ2n) is 9.53. The standard InChI is InChI=1S/C29H29F3N3O2P/c1-37-24-18-21(29(30,31)32)12-15-23(24)27-33-25(19-10-13-22(38)14-11-19)26(20-8-4-2-5-9-20)35(27)28(36)34-16-6-3-7-17-34/h2,4-5,8-15,18,25-26H,3,6-7,16-17,38H2,1H3. The quantitative estimate of drug-likeness (QED) is 0.362. The normalized spacial score (nSPS) is 19.9. The van der Waals surface area contributed by atoms with Crippen molar-refractivity contribution in [3.63, 3.8) is 0 Å². The van der Waals surface area contributed by atoms with Crippen molar-refractivity contribution in [1.82, 2.24) is 9.80 Å². The topological polar surface area (TPSA) is 45.1 Å². The second kappa shape index (κ2) is 10.8. The van der Waals surface area contributed by atoms with E-state index in [1.165, 1.54) is 13.2 Å². The van der Waals surface area contributed by atoms with Gasteiger partial charge in [0.25, 0.3) is 0 Å². The van der Waals surface area contributed by atoms with Gasteiger partial charge in [-0.05, 0) is 53.9 Å². The molecule has 3 aromatic rings. The van der Waals surface area contributed by atoms with Crippen LogP contribution in [0.25, 0.3) is 0 Å². The molecule has 5 rings (SSSR count). The van der Waals surface area contributed by atoms with Crippen LogP contribution in [0.1, 0.15) is 53.6 Å². The van der Waals surface area contributed by atoms with Gasteiger partial charge in [0, 0.05) is 13.1 Å². The molecule has 3 unspecified atom stereocenters. The first-order valence-electron chi connectivity index (χ1n) is 12.6. The number of alkyl halides is 3. The van der Waals surface area contributed by atoms with Gasteiger partial charge in [0.15, 0.2) is 0 Å². The average Bonchev–Trinajstić information content (AvgIpc) is 3.33. The lowest BCUT2D eigenvalue weighted by Crippen LogP contribution is -2.48. The van der Waals surface area contributed by atoms with Gasteiger partial charge in [-0.15, -0.1) is 9.24 Å². The minimum Gasteiger partial charge on any atom is -0.496 e. The molecule has 5 nitrogen and oxygen atoms in total. The third kappa shape index (κ3) is 5.14. The molecule has 38 heavy (non-hydrogen) atoms. The molecular weight excluding hydrogens is 510 g/mol. The summed E-state index contributed by atoms with van der Waals surface area (Å²) < 4.78 is 45.9. The second-order valence-corrected chi connectivity index (χ2v) is 10.2. The molecule has 1 saturated heterocycles. The Bertz CT molecular complexity index is 1320. The molecule has 9 heteroatoms. The Morgan fingerprint density at radius 1 is 0.947 bits per heavy atom. The molecule has 2 amide bonds. The molecule has 0 radical (unpaired) electrons. The largest absolute Gasteiger partial charge is 0.496 e. The monoisotopic (exact) mass is 539 g/mol. The Hall–Kier alpha value is -3.38. The van der Waals surface area contributed by atoms with Gasteiger partial charge >= 0.3 is 12.2 Å². The summed E-state index contributed by atoms with van der Waals surface area (Å²) in [5.74, 6) is 0.322. The number of benzene rings is 3. The smallest absolute Gasteiger partial charge is 0.416 e. The van der Waals surface area contributed by atoms with E-state index in [1.807, 2.05) is 59.5 Å². The first-order valence-corrected chi connectivity index (χ1v) is 13.2. The molecule has 3 atom stereocenters. The molecule has 2 aliphatic rings. The predicted octanol–water partition coefficient (Wildman–Crippen LogP) is 6.37. The van der Waals surface area contributed by atoms with Gasteiger partial charge in [-0.25, -0.2) is 4.79 Å². The van der Waals surface area contributed by atoms with Crippen LogP contribution in [0.4, 0.5) is 18.0 Å². The third-order valence-electron chi connectivity index (χ3n) is 7.09. The summed E-state index contributed by atoms with van der Waals surface area (Å²) in [4.78, 5) is 22.7. The number of rotatable bonds is 4. The van der Waals surface area contributed by atoms with Crippen molar-refractivity contribution in [3.05, 3.63) is 95.1 Å². The van der Waals surface area contributed by atoms with Gasteiger partial charge in [-0.2, -0.15) is 13.2 Å². The van der Waals surface area contributed by atoms with Crippen molar-refractivity contribution < 1.29 is 22.7 Å². The highest BCUT2D eigenvalue weighted by Gasteiger charge is 2.45. The van der Waals surface area contributed by atoms with Crippen LogP contribution in [-0.4, -0.2) is 41.9 Å². The molecule has 0 spiro atoms. The lowest BCUT2D eigenvalue weighted by molar-refractivity contribution is -0.137. The molecule has 0 N–H and O–H groups in total. The molecule has 0 aromatic heterocycles. The summed E-state index contributed by atoms with van der Waals surface area (Å²) in [5, 5.41) is 1.01. The Balaban J connectivity index is 1.69. The molecule has 2 heterocycles. The number of likely N-dealkylation sites (tertiary alicyclic amines) is 1. The molecule has 3 aromatic carbocycles. The molecule has 0 bridgehead atoms. The SMILES string of the molecule is COc1cc(C(F)(F)F)ccc1C1=NC(c2ccc(P)cc2)C(c2ccccc2)N1C(=O)N1CCCCC1. The van der Waals surface area contributed by atoms with Crippen molar-refractivity contribution in [3.8, 4) is 5.75 Å². The van der Waals surface area contributed by atoms with E-state index in [9.17, 15) is 18.0 Å². The Labute approximate surface area is 222 Å². The fraction of sp³-hybridized carbons (Fsp3) is 0.310. The first-order chi connectivity index (χ1) is 18.3. The van der Waals surface area contributed by atoms with Crippen LogP contribution in [0.15, 0.2) is 77.8 Å². The number of methoxy groups -OCH3 is 1. The van der Waals surface area contributed by atoms with Crippen molar-refractivity contribution in [1.29, 1.82) is 0 Å². The minimum absolute atomic E-state index is 0.0165. The Kier molecular flexibility index (Phi) is 7.44. The van der Waals surface area contributed by atoms with Crippen LogP contribution in [0.3, 0.4) is 0 Å². The molecule has 198 valence electrons. The van der Waals surface area contributed by atoms with Crippen LogP contribution >= 0.6 is 9.24 Å². The summed E-state index contributed by atoms with van der Waals surface area (Å²) in [6.45, 7) is 1.25. The predicted molar refractivity (Wildman–Crippen MR) is 145 cm³/mol. The zero-order valence-corrected chi connectivity index (χ0v) is 22.1. The van der Waals surface area contributed by atoms with E-state index in [1.54, 1.807) is 4.90 Å². The van der Waals surface area contributed by atoms with Crippen molar-refractivity contribution in [2.75, 3.05) is 20.2 Å². The number of aliphatic imine (C=N–C) groups is 1. The van der Waals surface area contributed by atoms with E-state index >= 15 is 0 Å². The van der Waals surface area contributed by atoms with E-state index in [2.05, 4.69) is 9.24 Å². The summed E-state index contributed by atoms with van der Waals surface area (Å²) in [6.07, 6.45) is -1.65. The van der Waals surface area contributed by atoms with Crippen molar-refractivity contribution in [2.45, 2.75) is 37.5 Å². The Morgan fingerprint density at radius 2 is 1.63 bits per heavy atom. The summed E-state index contributed by atoms with van der Waals surface area (Å²) >= 11 is 0. The average molecular weight is 540 g/mol. The third-order valence-corrected chi connectivity index (χ3v) is 7.47. The van der Waals surface area contributed by atoms with E-state index < -0.39 is 23.8 Å². The number of amides is 2. The number of nitrogens with zero attached hydrogens (tertiary/aromatic N) is 3. The van der Waals surface area contributed by atoms with Gasteiger partial charge < -0.3 is 9.64 Å². The number of halogens is 3. The van der Waals surface area contributed by atoms with E-state index in [4.69, 9.17) is 9.73 Å². The highest BCUT2D eigenvalue weighted by molar-refractivity contribution is 7.27. The van der Waals surface area contributed by atoms with Crippen LogP contribution < -0.4 is 10.0 Å². The van der Waals surface area contributed by atoms with Gasteiger partial charge in [0.2, 0.25) is 0 Å². The number of hydrogen-bond donors (Lipinski definition) is 0. The van der Waals surface area contributed by atoms with Crippen LogP contribution in [-0.2, 0) is 6.18 Å². The fourth-order valence-corrected chi connectivity index (χ4v) is 5.36. The maximum atomic E-state index is 14.2. The zero-order chi connectivity index (χ0) is 26.9. The van der Waals surface area contributed by atoms with Gasteiger partial charge in [-0.1, -0.05) is 54.6 Å². The van der Waals surface area contributed by atoms with Crippen LogP contribution in [0, 0.1) is 0 Å². The summed E-state index contributed by atoms with van der Waals surface area (Å²) in [6, 6.07) is 19.7. The number of ether oxygens (including phenoxy) is 1. The van der Waals surface area contributed by atoms with E-state index in [0.717, 1.165) is 47.8 Å². The minimum atomic E-state index is -4.53. The van der Waals surface area contributed by atoms with Crippen molar-refractivity contribution in [2.24, 2.45) is 4.99 Å². The number of amidine groups is 1. The van der Waals surface area contributed by atoms with Gasteiger partial charge in [0.05, 0.1) is 24.3 Å².